The van der Waals surface area contributed by atoms with Crippen LogP contribution in [0.4, 0.5) is 0 Å². The van der Waals surface area contributed by atoms with E-state index in [-0.39, 0.29) is 12.4 Å². The minimum Gasteiger partial charge on any atom is -0.465 e. The van der Waals surface area contributed by atoms with Crippen LogP contribution in [0.15, 0.2) is 0 Å². The molecule has 0 rings (SSSR count). The molecular formula is C8H15NO2. The van der Waals surface area contributed by atoms with E-state index < -0.39 is 0 Å². The molecule has 3 nitrogen and oxygen atoms in total. The Bertz CT molecular complexity index is 123. The summed E-state index contributed by atoms with van der Waals surface area (Å²) >= 11 is 0. The van der Waals surface area contributed by atoms with Crippen LogP contribution in [0.1, 0.15) is 32.6 Å². The summed E-state index contributed by atoms with van der Waals surface area (Å²) in [4.78, 5) is 10.6. The van der Waals surface area contributed by atoms with E-state index in [2.05, 4.69) is 6.92 Å². The number of hydrogen-bond acceptors (Lipinski definition) is 3. The van der Waals surface area contributed by atoms with E-state index in [1.54, 1.807) is 0 Å². The molecule has 0 saturated carbocycles. The van der Waals surface area contributed by atoms with Crippen LogP contribution < -0.4 is 0 Å². The van der Waals surface area contributed by atoms with Crippen molar-refractivity contribution >= 4 is 12.2 Å². The highest BCUT2D eigenvalue weighted by Gasteiger charge is 1.97. The Hall–Kier alpha value is -0.860. The molecule has 0 bridgehead atoms. The Morgan fingerprint density at radius 1 is 1.55 bits per heavy atom. The fraction of sp³-hybridized carbons (Fsp3) is 0.750. The van der Waals surface area contributed by atoms with E-state index in [9.17, 15) is 4.79 Å². The second-order valence-electron chi connectivity index (χ2n) is 2.34. The van der Waals surface area contributed by atoms with Gasteiger partial charge in [0.1, 0.15) is 0 Å². The third-order valence-corrected chi connectivity index (χ3v) is 1.28. The van der Waals surface area contributed by atoms with Gasteiger partial charge in [0.2, 0.25) is 0 Å². The second-order valence-corrected chi connectivity index (χ2v) is 2.34. The van der Waals surface area contributed by atoms with Crippen LogP contribution in [0, 0.1) is 5.41 Å². The molecule has 0 aliphatic heterocycles. The molecule has 0 amide bonds. The van der Waals surface area contributed by atoms with Gasteiger partial charge in [-0.1, -0.05) is 19.8 Å². The van der Waals surface area contributed by atoms with Crippen molar-refractivity contribution in [2.24, 2.45) is 0 Å². The van der Waals surface area contributed by atoms with Gasteiger partial charge in [-0.3, -0.25) is 4.79 Å². The Morgan fingerprint density at radius 2 is 2.27 bits per heavy atom. The topological polar surface area (TPSA) is 50.2 Å². The Kier molecular flexibility index (Phi) is 6.68. The molecule has 0 aromatic heterocycles. The number of rotatable bonds is 6. The highest BCUT2D eigenvalue weighted by molar-refractivity contribution is 5.84. The number of nitrogens with one attached hydrogen (secondary N) is 1. The van der Waals surface area contributed by atoms with Crippen molar-refractivity contribution in [1.82, 2.24) is 0 Å². The zero-order valence-corrected chi connectivity index (χ0v) is 6.93. The second kappa shape index (κ2) is 7.25. The van der Waals surface area contributed by atoms with Crippen LogP contribution in [0.2, 0.25) is 0 Å². The number of carbonyl (C=O) groups is 1. The lowest BCUT2D eigenvalue weighted by molar-refractivity contribution is -0.142. The van der Waals surface area contributed by atoms with Crippen molar-refractivity contribution in [3.8, 4) is 0 Å². The maximum atomic E-state index is 10.6. The van der Waals surface area contributed by atoms with E-state index in [0.717, 1.165) is 25.5 Å². The predicted molar refractivity (Wildman–Crippen MR) is 43.9 cm³/mol. The molecule has 0 heterocycles. The maximum absolute atomic E-state index is 10.6. The van der Waals surface area contributed by atoms with Gasteiger partial charge in [0, 0.05) is 6.21 Å². The minimum absolute atomic E-state index is 0.103. The average Bonchev–Trinajstić information content (AvgIpc) is 1.99. The third kappa shape index (κ3) is 7.03. The molecule has 0 aliphatic rings. The van der Waals surface area contributed by atoms with Gasteiger partial charge in [-0.25, -0.2) is 0 Å². The quantitative estimate of drug-likeness (QED) is 0.363. The minimum atomic E-state index is -0.295. The summed E-state index contributed by atoms with van der Waals surface area (Å²) in [6.07, 6.45) is 4.31. The van der Waals surface area contributed by atoms with Gasteiger partial charge in [0.25, 0.3) is 0 Å². The van der Waals surface area contributed by atoms with Crippen LogP contribution >= 0.6 is 0 Å². The first-order valence-electron chi connectivity index (χ1n) is 3.95. The first-order chi connectivity index (χ1) is 5.31. The summed E-state index contributed by atoms with van der Waals surface area (Å²) in [5.41, 5.74) is 0. The zero-order valence-electron chi connectivity index (χ0n) is 6.93. The SMILES string of the molecule is CCCCCOC(=O)CC=N. The number of carbonyl (C=O) groups excluding carboxylic acids is 1. The lowest BCUT2D eigenvalue weighted by Gasteiger charge is -2.00. The molecule has 0 aromatic carbocycles. The van der Waals surface area contributed by atoms with Crippen LogP contribution in [0.25, 0.3) is 0 Å². The Morgan fingerprint density at radius 3 is 2.82 bits per heavy atom. The Labute approximate surface area is 67.3 Å². The van der Waals surface area contributed by atoms with Crippen molar-refractivity contribution < 1.29 is 9.53 Å². The average molecular weight is 157 g/mol. The van der Waals surface area contributed by atoms with E-state index >= 15 is 0 Å². The summed E-state index contributed by atoms with van der Waals surface area (Å²) in [5, 5.41) is 6.62. The summed E-state index contributed by atoms with van der Waals surface area (Å²) < 4.78 is 4.79. The molecule has 1 N–H and O–H groups in total. The van der Waals surface area contributed by atoms with Crippen LogP contribution in [-0.2, 0) is 9.53 Å². The molecule has 11 heavy (non-hydrogen) atoms. The lowest BCUT2D eigenvalue weighted by atomic mass is 10.3. The summed E-state index contributed by atoms with van der Waals surface area (Å²) in [6, 6.07) is 0. The molecule has 64 valence electrons. The van der Waals surface area contributed by atoms with E-state index in [1.165, 1.54) is 0 Å². The van der Waals surface area contributed by atoms with E-state index in [0.29, 0.717) is 6.61 Å². The number of unbranched alkanes of at least 4 members (excludes halogenated alkanes) is 2. The van der Waals surface area contributed by atoms with Crippen molar-refractivity contribution in [1.29, 1.82) is 5.41 Å². The summed E-state index contributed by atoms with van der Waals surface area (Å²) in [6.45, 7) is 2.60. The van der Waals surface area contributed by atoms with Gasteiger partial charge in [-0.05, 0) is 6.42 Å². The fourth-order valence-corrected chi connectivity index (χ4v) is 0.680. The first-order valence-corrected chi connectivity index (χ1v) is 3.95. The number of esters is 1. The highest BCUT2D eigenvalue weighted by atomic mass is 16.5. The number of ether oxygens (including phenoxy) is 1. The van der Waals surface area contributed by atoms with Gasteiger partial charge in [-0.15, -0.1) is 0 Å². The molecule has 0 aliphatic carbocycles. The van der Waals surface area contributed by atoms with Gasteiger partial charge in [0.15, 0.2) is 0 Å². The molecule has 3 heteroatoms. The highest BCUT2D eigenvalue weighted by Crippen LogP contribution is 1.94. The smallest absolute Gasteiger partial charge is 0.311 e. The first kappa shape index (κ1) is 10.1. The molecule has 0 aromatic rings. The normalized spacial score (nSPS) is 9.18. The van der Waals surface area contributed by atoms with E-state index in [4.69, 9.17) is 10.1 Å². The molecule has 0 fully saturated rings. The van der Waals surface area contributed by atoms with Crippen molar-refractivity contribution in [3.63, 3.8) is 0 Å². The fourth-order valence-electron chi connectivity index (χ4n) is 0.680. The molecule has 0 saturated heterocycles. The molecule has 0 atom stereocenters. The largest absolute Gasteiger partial charge is 0.465 e. The van der Waals surface area contributed by atoms with E-state index in [1.807, 2.05) is 0 Å². The summed E-state index contributed by atoms with van der Waals surface area (Å²) in [5.74, 6) is -0.295. The molecular weight excluding hydrogens is 142 g/mol. The van der Waals surface area contributed by atoms with Crippen molar-refractivity contribution in [2.45, 2.75) is 32.6 Å². The summed E-state index contributed by atoms with van der Waals surface area (Å²) in [7, 11) is 0. The Balaban J connectivity index is 3.10. The van der Waals surface area contributed by atoms with Crippen LogP contribution in [-0.4, -0.2) is 18.8 Å². The van der Waals surface area contributed by atoms with Crippen molar-refractivity contribution in [2.75, 3.05) is 6.61 Å². The zero-order chi connectivity index (χ0) is 8.53. The lowest BCUT2D eigenvalue weighted by Crippen LogP contribution is -2.05. The maximum Gasteiger partial charge on any atom is 0.311 e. The molecule has 0 spiro atoms. The monoisotopic (exact) mass is 157 g/mol. The molecule has 0 radical (unpaired) electrons. The van der Waals surface area contributed by atoms with Crippen LogP contribution in [0.3, 0.4) is 0 Å². The number of hydrogen-bond donors (Lipinski definition) is 1. The predicted octanol–water partition coefficient (Wildman–Crippen LogP) is 1.76. The third-order valence-electron chi connectivity index (χ3n) is 1.28. The van der Waals surface area contributed by atoms with Gasteiger partial charge in [0.05, 0.1) is 13.0 Å². The van der Waals surface area contributed by atoms with Gasteiger partial charge in [-0.2, -0.15) is 0 Å². The standard InChI is InChI=1S/C8H15NO2/c1-2-3-4-7-11-8(10)5-6-9/h6,9H,2-5,7H2,1H3. The van der Waals surface area contributed by atoms with Gasteiger partial charge < -0.3 is 10.1 Å². The van der Waals surface area contributed by atoms with Crippen molar-refractivity contribution in [3.05, 3.63) is 0 Å². The van der Waals surface area contributed by atoms with Crippen LogP contribution in [0.5, 0.6) is 0 Å². The molecule has 0 unspecified atom stereocenters. The van der Waals surface area contributed by atoms with Gasteiger partial charge >= 0.3 is 5.97 Å².